The van der Waals surface area contributed by atoms with Gasteiger partial charge in [0.25, 0.3) is 0 Å². The van der Waals surface area contributed by atoms with Gasteiger partial charge >= 0.3 is 0 Å². The normalized spacial score (nSPS) is 14.4. The average molecular weight is 272 g/mol. The monoisotopic (exact) mass is 271 g/mol. The number of hydrazone groups is 1. The summed E-state index contributed by atoms with van der Waals surface area (Å²) in [5.41, 5.74) is 14.4. The van der Waals surface area contributed by atoms with Crippen molar-refractivity contribution in [3.8, 4) is 0 Å². The summed E-state index contributed by atoms with van der Waals surface area (Å²) in [6, 6.07) is 3.19. The van der Waals surface area contributed by atoms with Crippen LogP contribution in [0.25, 0.3) is 0 Å². The second-order valence-corrected chi connectivity index (χ2v) is 3.76. The van der Waals surface area contributed by atoms with E-state index in [1.165, 1.54) is 0 Å². The molecule has 0 saturated carbocycles. The van der Waals surface area contributed by atoms with Crippen LogP contribution in [0.3, 0.4) is 0 Å². The number of hydrogen-bond donors (Lipinski definition) is 3. The van der Waals surface area contributed by atoms with Gasteiger partial charge in [-0.3, -0.25) is 5.43 Å². The summed E-state index contributed by atoms with van der Waals surface area (Å²) in [6.45, 7) is 0. The molecule has 0 aliphatic carbocycles. The largest absolute Gasteiger partial charge is 0.380 e. The molecule has 88 valence electrons. The van der Waals surface area contributed by atoms with E-state index in [2.05, 4.69) is 25.7 Å². The summed E-state index contributed by atoms with van der Waals surface area (Å²) in [5, 5.41) is 11.5. The Bertz CT molecular complexity index is 529. The molecule has 0 radical (unpaired) electrons. The highest BCUT2D eigenvalue weighted by Gasteiger charge is 2.16. The number of halogens is 2. The Kier molecular flexibility index (Phi) is 3.12. The summed E-state index contributed by atoms with van der Waals surface area (Å²) < 4.78 is 0. The van der Waals surface area contributed by atoms with Crippen LogP contribution in [0.4, 0.5) is 5.69 Å². The van der Waals surface area contributed by atoms with Crippen molar-refractivity contribution in [3.05, 3.63) is 22.4 Å². The lowest BCUT2D eigenvalue weighted by Gasteiger charge is -2.04. The summed E-state index contributed by atoms with van der Waals surface area (Å²) in [7, 11) is 0. The fourth-order valence-electron chi connectivity index (χ4n) is 1.06. The van der Waals surface area contributed by atoms with Gasteiger partial charge in [0, 0.05) is 0 Å². The summed E-state index contributed by atoms with van der Waals surface area (Å²) >= 11 is 11.5. The predicted octanol–water partition coefficient (Wildman–Crippen LogP) is 0.799. The van der Waals surface area contributed by atoms with Crippen LogP contribution >= 0.6 is 23.2 Å². The molecule has 0 fully saturated rings. The van der Waals surface area contributed by atoms with Gasteiger partial charge in [0.1, 0.15) is 5.15 Å². The van der Waals surface area contributed by atoms with Crippen molar-refractivity contribution in [2.45, 2.75) is 0 Å². The number of amidine groups is 2. The zero-order valence-electron chi connectivity index (χ0n) is 8.35. The first-order chi connectivity index (χ1) is 8.08. The van der Waals surface area contributed by atoms with Gasteiger partial charge in [0.15, 0.2) is 22.5 Å². The van der Waals surface area contributed by atoms with Gasteiger partial charge in [-0.15, -0.1) is 10.2 Å². The maximum Gasteiger partial charge on any atom is 0.177 e. The second kappa shape index (κ2) is 4.56. The van der Waals surface area contributed by atoms with E-state index in [0.29, 0.717) is 5.69 Å². The number of aromatic nitrogens is 1. The van der Waals surface area contributed by atoms with E-state index in [1.54, 1.807) is 12.1 Å². The summed E-state index contributed by atoms with van der Waals surface area (Å²) in [5.74, 6) is 0.265. The van der Waals surface area contributed by atoms with Gasteiger partial charge in [-0.1, -0.05) is 23.2 Å². The lowest BCUT2D eigenvalue weighted by Crippen LogP contribution is -2.32. The van der Waals surface area contributed by atoms with Crippen LogP contribution in [0.5, 0.6) is 0 Å². The molecule has 0 aromatic carbocycles. The molecular weight excluding hydrogens is 265 g/mol. The van der Waals surface area contributed by atoms with Crippen LogP contribution < -0.4 is 16.9 Å². The van der Waals surface area contributed by atoms with E-state index in [-0.39, 0.29) is 27.7 Å². The topological polar surface area (TPSA) is 114 Å². The van der Waals surface area contributed by atoms with Gasteiger partial charge in [-0.2, -0.15) is 5.10 Å². The summed E-state index contributed by atoms with van der Waals surface area (Å²) in [6.07, 6.45) is 0. The maximum absolute atomic E-state index is 5.84. The molecule has 9 heteroatoms. The molecule has 0 spiro atoms. The van der Waals surface area contributed by atoms with Crippen molar-refractivity contribution in [1.82, 2.24) is 4.98 Å². The highest BCUT2D eigenvalue weighted by atomic mass is 35.5. The minimum atomic E-state index is 0.132. The van der Waals surface area contributed by atoms with E-state index in [0.717, 1.165) is 0 Å². The van der Waals surface area contributed by atoms with Gasteiger partial charge in [-0.05, 0) is 12.1 Å². The van der Waals surface area contributed by atoms with Crippen LogP contribution in [0.2, 0.25) is 10.3 Å². The molecule has 0 unspecified atom stereocenters. The fraction of sp³-hybridized carbons (Fsp3) is 0. The Morgan fingerprint density at radius 1 is 1.12 bits per heavy atom. The Balaban J connectivity index is 2.20. The molecule has 1 aliphatic heterocycles. The number of nitrogens with zero attached hydrogens (tertiary/aromatic N) is 4. The number of anilines is 1. The SMILES string of the molecule is NC1=NN=C(N)C1=NNc1ccc(Cl)nc1Cl. The third-order valence-corrected chi connectivity index (χ3v) is 2.35. The number of nitrogens with one attached hydrogen (secondary N) is 1. The number of hydrogen-bond acceptors (Lipinski definition) is 7. The van der Waals surface area contributed by atoms with Crippen molar-refractivity contribution in [2.24, 2.45) is 26.8 Å². The van der Waals surface area contributed by atoms with Crippen LogP contribution in [0.1, 0.15) is 0 Å². The summed E-state index contributed by atoms with van der Waals surface area (Å²) in [4.78, 5) is 3.83. The quantitative estimate of drug-likeness (QED) is 0.545. The molecule has 1 aromatic rings. The van der Waals surface area contributed by atoms with Crippen molar-refractivity contribution in [1.29, 1.82) is 0 Å². The number of pyridine rings is 1. The van der Waals surface area contributed by atoms with Gasteiger partial charge < -0.3 is 11.5 Å². The smallest absolute Gasteiger partial charge is 0.177 e. The number of rotatable bonds is 2. The van der Waals surface area contributed by atoms with Crippen molar-refractivity contribution < 1.29 is 0 Å². The van der Waals surface area contributed by atoms with Crippen LogP contribution in [-0.4, -0.2) is 22.4 Å². The molecule has 0 atom stereocenters. The van der Waals surface area contributed by atoms with Gasteiger partial charge in [0.2, 0.25) is 0 Å². The number of nitrogens with two attached hydrogens (primary N) is 2. The zero-order chi connectivity index (χ0) is 12.4. The van der Waals surface area contributed by atoms with E-state index < -0.39 is 0 Å². The Labute approximate surface area is 106 Å². The minimum absolute atomic E-state index is 0.132. The highest BCUT2D eigenvalue weighted by molar-refractivity contribution is 6.68. The third kappa shape index (κ3) is 2.45. The van der Waals surface area contributed by atoms with E-state index in [1.807, 2.05) is 0 Å². The molecule has 5 N–H and O–H groups in total. The van der Waals surface area contributed by atoms with Gasteiger partial charge in [-0.25, -0.2) is 4.98 Å². The predicted molar refractivity (Wildman–Crippen MR) is 68.6 cm³/mol. The average Bonchev–Trinajstić information content (AvgIpc) is 2.58. The lowest BCUT2D eigenvalue weighted by atomic mass is 10.3. The Hall–Kier alpha value is -1.86. The Morgan fingerprint density at radius 2 is 1.76 bits per heavy atom. The van der Waals surface area contributed by atoms with Gasteiger partial charge in [0.05, 0.1) is 5.69 Å². The first-order valence-corrected chi connectivity index (χ1v) is 5.16. The third-order valence-electron chi connectivity index (χ3n) is 1.85. The van der Waals surface area contributed by atoms with E-state index in [9.17, 15) is 0 Å². The fourth-order valence-corrected chi connectivity index (χ4v) is 1.45. The Morgan fingerprint density at radius 3 is 2.35 bits per heavy atom. The van der Waals surface area contributed by atoms with E-state index in [4.69, 9.17) is 34.7 Å². The molecule has 0 bridgehead atoms. The molecule has 0 saturated heterocycles. The van der Waals surface area contributed by atoms with E-state index >= 15 is 0 Å². The molecule has 1 aliphatic rings. The van der Waals surface area contributed by atoms with Crippen LogP contribution in [0.15, 0.2) is 27.4 Å². The zero-order valence-corrected chi connectivity index (χ0v) is 9.87. The van der Waals surface area contributed by atoms with Crippen LogP contribution in [0, 0.1) is 0 Å². The molecule has 7 nitrogen and oxygen atoms in total. The van der Waals surface area contributed by atoms with Crippen molar-refractivity contribution in [3.63, 3.8) is 0 Å². The molecule has 2 rings (SSSR count). The lowest BCUT2D eigenvalue weighted by molar-refractivity contribution is 1.25. The maximum atomic E-state index is 5.84. The molecule has 1 aromatic heterocycles. The second-order valence-electron chi connectivity index (χ2n) is 3.02. The first kappa shape index (κ1) is 11.6. The molecular formula is C8H7Cl2N7. The molecule has 2 heterocycles. The highest BCUT2D eigenvalue weighted by Crippen LogP contribution is 2.21. The molecule has 17 heavy (non-hydrogen) atoms. The van der Waals surface area contributed by atoms with Crippen molar-refractivity contribution in [2.75, 3.05) is 5.43 Å². The standard InChI is InChI=1S/C8H7Cl2N7/c9-4-2-1-3(6(10)13-4)14-15-5-7(11)16-17-8(5)12/h1-2,14H,(H4,11,12,15,16,17). The van der Waals surface area contributed by atoms with Crippen molar-refractivity contribution >= 4 is 46.3 Å². The van der Waals surface area contributed by atoms with Crippen LogP contribution in [-0.2, 0) is 0 Å². The first-order valence-electron chi connectivity index (χ1n) is 4.41. The molecule has 0 amide bonds. The minimum Gasteiger partial charge on any atom is -0.380 e.